The summed E-state index contributed by atoms with van der Waals surface area (Å²) in [5.74, 6) is -0.158. The number of aliphatic hydroxyl groups is 2. The van der Waals surface area contributed by atoms with Crippen molar-refractivity contribution in [2.45, 2.75) is 187 Å². The number of aliphatic hydroxyl groups excluding tert-OH is 2. The second kappa shape index (κ2) is 30.3. The summed E-state index contributed by atoms with van der Waals surface area (Å²) in [5, 5.41) is 21.4. The van der Waals surface area contributed by atoms with Crippen molar-refractivity contribution >= 4 is 5.97 Å². The first-order chi connectivity index (χ1) is 19.0. The molecule has 5 nitrogen and oxygen atoms in total. The van der Waals surface area contributed by atoms with Crippen molar-refractivity contribution < 1.29 is 19.7 Å². The van der Waals surface area contributed by atoms with Gasteiger partial charge in [0.2, 0.25) is 0 Å². The number of carbonyl (C=O) groups is 1. The largest absolute Gasteiger partial charge is 0.466 e. The van der Waals surface area contributed by atoms with Crippen LogP contribution in [-0.2, 0) is 9.53 Å². The van der Waals surface area contributed by atoms with Crippen molar-refractivity contribution in [2.24, 2.45) is 0 Å². The molecule has 0 saturated heterocycles. The number of unbranched alkanes of at least 4 members (excludes halogenated alkanes) is 18. The van der Waals surface area contributed by atoms with Gasteiger partial charge in [-0.3, -0.25) is 9.69 Å². The number of hydrogen-bond donors (Lipinski definition) is 2. The van der Waals surface area contributed by atoms with Crippen molar-refractivity contribution in [1.82, 2.24) is 4.90 Å². The van der Waals surface area contributed by atoms with Gasteiger partial charge in [0.05, 0.1) is 18.8 Å². The molecule has 0 aliphatic heterocycles. The molecule has 0 amide bonds. The first kappa shape index (κ1) is 38.4. The molecule has 2 N–H and O–H groups in total. The van der Waals surface area contributed by atoms with E-state index in [0.717, 1.165) is 25.7 Å². The lowest BCUT2D eigenvalue weighted by Crippen LogP contribution is -2.39. The summed E-state index contributed by atoms with van der Waals surface area (Å²) >= 11 is 0. The normalized spacial score (nSPS) is 13.2. The number of nitrogens with zero attached hydrogens (tertiary/aromatic N) is 1. The summed E-state index contributed by atoms with van der Waals surface area (Å²) in [7, 11) is 0. The predicted molar refractivity (Wildman–Crippen MR) is 167 cm³/mol. The zero-order valence-corrected chi connectivity index (χ0v) is 26.6. The van der Waals surface area contributed by atoms with Gasteiger partial charge >= 0.3 is 5.97 Å². The Kier molecular flexibility index (Phi) is 29.8. The molecule has 0 saturated carbocycles. The van der Waals surface area contributed by atoms with Crippen molar-refractivity contribution in [3.05, 3.63) is 0 Å². The van der Waals surface area contributed by atoms with Crippen molar-refractivity contribution in [3.63, 3.8) is 0 Å². The first-order valence-corrected chi connectivity index (χ1v) is 17.3. The Hall–Kier alpha value is -0.650. The monoisotopic (exact) mass is 556 g/mol. The molecule has 0 fully saturated rings. The highest BCUT2D eigenvalue weighted by atomic mass is 16.5. The van der Waals surface area contributed by atoms with Crippen LogP contribution in [0.1, 0.15) is 175 Å². The van der Waals surface area contributed by atoms with Crippen molar-refractivity contribution in [2.75, 3.05) is 26.2 Å². The van der Waals surface area contributed by atoms with E-state index in [-0.39, 0.29) is 18.2 Å². The van der Waals surface area contributed by atoms with Gasteiger partial charge in [0, 0.05) is 19.5 Å². The van der Waals surface area contributed by atoms with Gasteiger partial charge in [-0.25, -0.2) is 0 Å². The maximum atomic E-state index is 11.8. The van der Waals surface area contributed by atoms with E-state index >= 15 is 0 Å². The van der Waals surface area contributed by atoms with Gasteiger partial charge in [-0.15, -0.1) is 0 Å². The third kappa shape index (κ3) is 28.7. The molecule has 234 valence electrons. The van der Waals surface area contributed by atoms with Crippen LogP contribution in [0.25, 0.3) is 0 Å². The minimum atomic E-state index is -0.369. The zero-order valence-electron chi connectivity index (χ0n) is 26.6. The number of rotatable bonds is 31. The van der Waals surface area contributed by atoms with E-state index in [1.54, 1.807) is 0 Å². The maximum absolute atomic E-state index is 11.8. The molecule has 0 aliphatic carbocycles. The minimum Gasteiger partial charge on any atom is -0.466 e. The molecule has 0 aliphatic rings. The van der Waals surface area contributed by atoms with Crippen LogP contribution in [0.4, 0.5) is 0 Å². The Morgan fingerprint density at radius 1 is 0.564 bits per heavy atom. The lowest BCUT2D eigenvalue weighted by Gasteiger charge is -2.27. The summed E-state index contributed by atoms with van der Waals surface area (Å²) < 4.78 is 5.07. The average Bonchev–Trinajstić information content (AvgIpc) is 2.91. The molecule has 0 heterocycles. The molecule has 0 aromatic heterocycles. The van der Waals surface area contributed by atoms with Gasteiger partial charge in [0.15, 0.2) is 0 Å². The third-order valence-electron chi connectivity index (χ3n) is 7.88. The topological polar surface area (TPSA) is 70.0 Å². The van der Waals surface area contributed by atoms with Gasteiger partial charge in [0.25, 0.3) is 0 Å². The molecular formula is C34H69NO4. The van der Waals surface area contributed by atoms with Crippen molar-refractivity contribution in [3.8, 4) is 0 Å². The van der Waals surface area contributed by atoms with E-state index in [4.69, 9.17) is 4.74 Å². The van der Waals surface area contributed by atoms with Gasteiger partial charge < -0.3 is 14.9 Å². The zero-order chi connectivity index (χ0) is 28.8. The van der Waals surface area contributed by atoms with Gasteiger partial charge in [-0.05, 0) is 32.7 Å². The SMILES string of the molecule is CCCCCCCCCCCCC(O)CN(CCCC(=O)OCC)CC(O)CCCCCCCCCCCC. The Bertz CT molecular complexity index is 470. The predicted octanol–water partition coefficient (Wildman–Crippen LogP) is 8.98. The lowest BCUT2D eigenvalue weighted by molar-refractivity contribution is -0.143. The van der Waals surface area contributed by atoms with E-state index in [9.17, 15) is 15.0 Å². The van der Waals surface area contributed by atoms with E-state index in [2.05, 4.69) is 18.7 Å². The molecule has 5 heteroatoms. The summed E-state index contributed by atoms with van der Waals surface area (Å²) in [4.78, 5) is 13.9. The summed E-state index contributed by atoms with van der Waals surface area (Å²) in [6.45, 7) is 8.64. The smallest absolute Gasteiger partial charge is 0.305 e. The van der Waals surface area contributed by atoms with Crippen LogP contribution in [0, 0.1) is 0 Å². The highest BCUT2D eigenvalue weighted by molar-refractivity contribution is 5.69. The number of carbonyl (C=O) groups excluding carboxylic acids is 1. The van der Waals surface area contributed by atoms with Crippen LogP contribution in [0.5, 0.6) is 0 Å². The van der Waals surface area contributed by atoms with Crippen LogP contribution in [0.3, 0.4) is 0 Å². The Morgan fingerprint density at radius 3 is 1.28 bits per heavy atom. The fourth-order valence-corrected chi connectivity index (χ4v) is 5.45. The molecular weight excluding hydrogens is 486 g/mol. The van der Waals surface area contributed by atoms with E-state index in [1.807, 2.05) is 6.92 Å². The molecule has 2 atom stereocenters. The van der Waals surface area contributed by atoms with Gasteiger partial charge in [0.1, 0.15) is 0 Å². The molecule has 0 aromatic carbocycles. The second-order valence-corrected chi connectivity index (χ2v) is 11.9. The number of esters is 1. The van der Waals surface area contributed by atoms with Gasteiger partial charge in [-0.2, -0.15) is 0 Å². The maximum Gasteiger partial charge on any atom is 0.305 e. The van der Waals surface area contributed by atoms with Crippen LogP contribution >= 0.6 is 0 Å². The molecule has 0 bridgehead atoms. The molecule has 0 radical (unpaired) electrons. The molecule has 0 spiro atoms. The van der Waals surface area contributed by atoms with Crippen LogP contribution in [0.15, 0.2) is 0 Å². The molecule has 0 aromatic rings. The van der Waals surface area contributed by atoms with Crippen LogP contribution < -0.4 is 0 Å². The summed E-state index contributed by atoms with van der Waals surface area (Å²) in [6.07, 6.45) is 28.0. The second-order valence-electron chi connectivity index (χ2n) is 11.9. The fourth-order valence-electron chi connectivity index (χ4n) is 5.45. The highest BCUT2D eigenvalue weighted by Crippen LogP contribution is 2.15. The minimum absolute atomic E-state index is 0.158. The first-order valence-electron chi connectivity index (χ1n) is 17.3. The lowest BCUT2D eigenvalue weighted by atomic mass is 10.0. The van der Waals surface area contributed by atoms with Gasteiger partial charge in [-0.1, -0.05) is 142 Å². The number of ether oxygens (including phenoxy) is 1. The number of hydrogen-bond acceptors (Lipinski definition) is 5. The summed E-state index contributed by atoms with van der Waals surface area (Å²) in [5.41, 5.74) is 0. The fraction of sp³-hybridized carbons (Fsp3) is 0.971. The Labute approximate surface area is 243 Å². The molecule has 2 unspecified atom stereocenters. The highest BCUT2D eigenvalue weighted by Gasteiger charge is 2.16. The summed E-state index contributed by atoms with van der Waals surface area (Å²) in [6, 6.07) is 0. The average molecular weight is 556 g/mol. The van der Waals surface area contributed by atoms with E-state index in [0.29, 0.717) is 39.1 Å². The standard InChI is InChI=1S/C34H69NO4/c1-4-7-9-11-13-15-17-19-21-23-26-32(36)30-35(29-25-28-34(38)39-6-3)31-33(37)27-24-22-20-18-16-14-12-10-8-5-2/h32-33,36-37H,4-31H2,1-3H3. The Morgan fingerprint density at radius 2 is 0.923 bits per heavy atom. The third-order valence-corrected chi connectivity index (χ3v) is 7.88. The van der Waals surface area contributed by atoms with Crippen molar-refractivity contribution in [1.29, 1.82) is 0 Å². The van der Waals surface area contributed by atoms with Crippen LogP contribution in [0.2, 0.25) is 0 Å². The van der Waals surface area contributed by atoms with Crippen LogP contribution in [-0.4, -0.2) is 59.5 Å². The molecule has 0 rings (SSSR count). The quantitative estimate of drug-likeness (QED) is 0.0660. The Balaban J connectivity index is 4.16. The van der Waals surface area contributed by atoms with E-state index in [1.165, 1.54) is 116 Å². The molecule has 39 heavy (non-hydrogen) atoms. The van der Waals surface area contributed by atoms with E-state index < -0.39 is 0 Å².